The summed E-state index contributed by atoms with van der Waals surface area (Å²) >= 11 is 17.8. The first-order valence-electron chi connectivity index (χ1n) is 9.10. The monoisotopic (exact) mass is 488 g/mol. The summed E-state index contributed by atoms with van der Waals surface area (Å²) in [4.78, 5) is 26.7. The van der Waals surface area contributed by atoms with Crippen molar-refractivity contribution in [3.05, 3.63) is 63.1 Å². The Hall–Kier alpha value is -1.80. The number of carbonyl (C=O) groups excluding carboxylic acids is 2. The van der Waals surface area contributed by atoms with Crippen molar-refractivity contribution in [3.63, 3.8) is 0 Å². The van der Waals surface area contributed by atoms with Crippen molar-refractivity contribution in [2.24, 2.45) is 0 Å². The summed E-state index contributed by atoms with van der Waals surface area (Å²) in [5, 5.41) is 1.35. The minimum atomic E-state index is -4.08. The molecule has 0 aliphatic carbocycles. The molecule has 0 radical (unpaired) electrons. The lowest BCUT2D eigenvalue weighted by molar-refractivity contribution is -0.156. The van der Waals surface area contributed by atoms with Crippen molar-refractivity contribution < 1.29 is 18.0 Å². The molecule has 2 aromatic rings. The van der Waals surface area contributed by atoms with E-state index in [-0.39, 0.29) is 17.2 Å². The van der Waals surface area contributed by atoms with E-state index in [9.17, 15) is 18.0 Å². The number of sulfonamides is 1. The Balaban J connectivity index is 1.66. The molecule has 1 fully saturated rings. The quantitative estimate of drug-likeness (QED) is 0.663. The van der Waals surface area contributed by atoms with Crippen LogP contribution >= 0.6 is 34.8 Å². The highest BCUT2D eigenvalue weighted by Crippen LogP contribution is 2.32. The molecule has 1 N–H and O–H groups in total. The third-order valence-electron chi connectivity index (χ3n) is 5.18. The van der Waals surface area contributed by atoms with Gasteiger partial charge in [0.25, 0.3) is 15.9 Å². The third kappa shape index (κ3) is 4.75. The Kier molecular flexibility index (Phi) is 6.67. The molecule has 10 heteroatoms. The Labute approximate surface area is 190 Å². The van der Waals surface area contributed by atoms with Gasteiger partial charge >= 0.3 is 0 Å². The van der Waals surface area contributed by atoms with Gasteiger partial charge in [-0.15, -0.1) is 0 Å². The molecular weight excluding hydrogens is 471 g/mol. The van der Waals surface area contributed by atoms with E-state index in [1.54, 1.807) is 25.1 Å². The summed E-state index contributed by atoms with van der Waals surface area (Å²) in [5.74, 6) is -1.00. The van der Waals surface area contributed by atoms with E-state index in [0.29, 0.717) is 34.5 Å². The molecule has 1 unspecified atom stereocenters. The maximum absolute atomic E-state index is 12.7. The van der Waals surface area contributed by atoms with E-state index in [2.05, 4.69) is 4.72 Å². The first kappa shape index (κ1) is 22.9. The lowest BCUT2D eigenvalue weighted by Crippen LogP contribution is -2.67. The third-order valence-corrected chi connectivity index (χ3v) is 7.37. The number of likely N-dealkylation sites (tertiary alicyclic amines) is 1. The van der Waals surface area contributed by atoms with E-state index < -0.39 is 21.5 Å². The fraction of sp³-hybridized carbons (Fsp3) is 0.300. The van der Waals surface area contributed by atoms with Crippen molar-refractivity contribution in [1.82, 2.24) is 9.62 Å². The molecule has 1 aliphatic heterocycles. The summed E-state index contributed by atoms with van der Waals surface area (Å²) in [5.41, 5.74) is -0.466. The molecule has 0 saturated carbocycles. The number of rotatable bonds is 6. The van der Waals surface area contributed by atoms with Crippen LogP contribution in [0.4, 0.5) is 0 Å². The molecule has 30 heavy (non-hydrogen) atoms. The molecule has 3 rings (SSSR count). The van der Waals surface area contributed by atoms with Crippen LogP contribution in [0.1, 0.15) is 25.3 Å². The van der Waals surface area contributed by atoms with Crippen molar-refractivity contribution in [3.8, 4) is 0 Å². The van der Waals surface area contributed by atoms with Gasteiger partial charge in [0.05, 0.1) is 4.90 Å². The van der Waals surface area contributed by atoms with Gasteiger partial charge in [-0.25, -0.2) is 13.1 Å². The van der Waals surface area contributed by atoms with E-state index in [1.807, 2.05) is 0 Å². The summed E-state index contributed by atoms with van der Waals surface area (Å²) in [6.07, 6.45) is 0.878. The zero-order chi connectivity index (χ0) is 22.1. The van der Waals surface area contributed by atoms with E-state index >= 15 is 0 Å². The molecule has 1 aliphatic rings. The Morgan fingerprint density at radius 2 is 1.70 bits per heavy atom. The van der Waals surface area contributed by atoms with Gasteiger partial charge in [0.15, 0.2) is 0 Å². The van der Waals surface area contributed by atoms with E-state index in [4.69, 9.17) is 34.8 Å². The van der Waals surface area contributed by atoms with Crippen molar-refractivity contribution in [1.29, 1.82) is 0 Å². The lowest BCUT2D eigenvalue weighted by atomic mass is 9.85. The summed E-state index contributed by atoms with van der Waals surface area (Å²) in [7, 11) is -4.08. The normalized spacial score (nSPS) is 18.6. The predicted molar refractivity (Wildman–Crippen MR) is 116 cm³/mol. The Morgan fingerprint density at radius 1 is 1.07 bits per heavy atom. The number of amides is 2. The second-order valence-corrected chi connectivity index (χ2v) is 10.2. The number of hydrogen-bond donors (Lipinski definition) is 1. The number of halogens is 3. The molecular formula is C20H19Cl3N2O4S. The Bertz CT molecular complexity index is 1090. The van der Waals surface area contributed by atoms with Gasteiger partial charge in [-0.1, -0.05) is 40.9 Å². The van der Waals surface area contributed by atoms with Crippen LogP contribution in [0.5, 0.6) is 0 Å². The van der Waals surface area contributed by atoms with Crippen molar-refractivity contribution >= 4 is 56.6 Å². The molecule has 1 heterocycles. The Morgan fingerprint density at radius 3 is 2.27 bits per heavy atom. The minimum Gasteiger partial charge on any atom is -0.328 e. The molecule has 2 aromatic carbocycles. The van der Waals surface area contributed by atoms with Crippen LogP contribution < -0.4 is 4.72 Å². The largest absolute Gasteiger partial charge is 0.328 e. The molecule has 1 saturated heterocycles. The van der Waals surface area contributed by atoms with Crippen LogP contribution in [-0.2, 0) is 26.0 Å². The van der Waals surface area contributed by atoms with E-state index in [0.717, 1.165) is 5.56 Å². The molecule has 0 aromatic heterocycles. The van der Waals surface area contributed by atoms with Gasteiger partial charge < -0.3 is 4.90 Å². The summed E-state index contributed by atoms with van der Waals surface area (Å²) < 4.78 is 27.0. The van der Waals surface area contributed by atoms with Crippen LogP contribution in [0.15, 0.2) is 47.4 Å². The fourth-order valence-electron chi connectivity index (χ4n) is 3.20. The molecule has 0 spiro atoms. The van der Waals surface area contributed by atoms with E-state index in [1.165, 1.54) is 29.2 Å². The van der Waals surface area contributed by atoms with Gasteiger partial charge in [-0.2, -0.15) is 0 Å². The van der Waals surface area contributed by atoms with Crippen LogP contribution in [0.2, 0.25) is 15.1 Å². The maximum Gasteiger partial charge on any atom is 0.264 e. The van der Waals surface area contributed by atoms with Crippen LogP contribution in [0.3, 0.4) is 0 Å². The number of aryl methyl sites for hydroxylation is 1. The van der Waals surface area contributed by atoms with Crippen LogP contribution in [-0.4, -0.2) is 37.2 Å². The second kappa shape index (κ2) is 8.75. The summed E-state index contributed by atoms with van der Waals surface area (Å²) in [6, 6.07) is 10.5. The highest BCUT2D eigenvalue weighted by molar-refractivity contribution is 7.90. The average molecular weight is 490 g/mol. The first-order valence-corrected chi connectivity index (χ1v) is 11.7. The average Bonchev–Trinajstić information content (AvgIpc) is 2.65. The van der Waals surface area contributed by atoms with Gasteiger partial charge in [0, 0.05) is 28.0 Å². The highest BCUT2D eigenvalue weighted by atomic mass is 35.5. The smallest absolute Gasteiger partial charge is 0.264 e. The van der Waals surface area contributed by atoms with Gasteiger partial charge in [0.2, 0.25) is 5.91 Å². The number of nitrogens with zero attached hydrogens (tertiary/aromatic N) is 1. The molecule has 6 nitrogen and oxygen atoms in total. The van der Waals surface area contributed by atoms with Gasteiger partial charge in [-0.3, -0.25) is 9.59 Å². The SMILES string of the molecule is CC1(C(=O)NS(=O)(=O)c2ccc(Cl)cc2)CCN1C(=O)CCc1ccc(Cl)cc1Cl. The lowest BCUT2D eigenvalue weighted by Gasteiger charge is -2.49. The molecule has 160 valence electrons. The van der Waals surface area contributed by atoms with Gasteiger partial charge in [-0.05, 0) is 61.7 Å². The van der Waals surface area contributed by atoms with Crippen LogP contribution in [0.25, 0.3) is 0 Å². The number of hydrogen-bond acceptors (Lipinski definition) is 4. The summed E-state index contributed by atoms with van der Waals surface area (Å²) in [6.45, 7) is 1.93. The van der Waals surface area contributed by atoms with Crippen molar-refractivity contribution in [2.45, 2.75) is 36.6 Å². The van der Waals surface area contributed by atoms with Gasteiger partial charge in [0.1, 0.15) is 5.54 Å². The number of nitrogens with one attached hydrogen (secondary N) is 1. The fourth-order valence-corrected chi connectivity index (χ4v) is 4.91. The highest BCUT2D eigenvalue weighted by Gasteiger charge is 2.50. The minimum absolute atomic E-state index is 0.0848. The standard InChI is InChI=1S/C20H19Cl3N2O4S/c1-20(19(27)24-30(28,29)16-7-5-14(21)6-8-16)10-11-25(20)18(26)9-3-13-2-4-15(22)12-17(13)23/h2,4-8,12H,3,9-11H2,1H3,(H,24,27). The van der Waals surface area contributed by atoms with Crippen molar-refractivity contribution in [2.75, 3.05) is 6.54 Å². The zero-order valence-corrected chi connectivity index (χ0v) is 19.1. The number of benzene rings is 2. The maximum atomic E-state index is 12.7. The molecule has 0 bridgehead atoms. The first-order chi connectivity index (χ1) is 14.0. The van der Waals surface area contributed by atoms with Crippen LogP contribution in [0, 0.1) is 0 Å². The second-order valence-electron chi connectivity index (χ2n) is 7.19. The topological polar surface area (TPSA) is 83.6 Å². The predicted octanol–water partition coefficient (Wildman–Crippen LogP) is 4.08. The zero-order valence-electron chi connectivity index (χ0n) is 16.0. The molecule has 2 amide bonds. The number of carbonyl (C=O) groups is 2. The molecule has 1 atom stereocenters.